The first-order valence-corrected chi connectivity index (χ1v) is 4.12. The van der Waals surface area contributed by atoms with Crippen LogP contribution in [-0.2, 0) is 4.74 Å². The Morgan fingerprint density at radius 3 is 3.15 bits per heavy atom. The van der Waals surface area contributed by atoms with E-state index < -0.39 is 0 Å². The molecule has 1 atom stereocenters. The minimum atomic E-state index is -0.346. The Morgan fingerprint density at radius 1 is 1.69 bits per heavy atom. The molecule has 0 aliphatic carbocycles. The third kappa shape index (κ3) is 1.47. The van der Waals surface area contributed by atoms with Crippen LogP contribution in [-0.4, -0.2) is 17.6 Å². The summed E-state index contributed by atoms with van der Waals surface area (Å²) in [6, 6.07) is 1.88. The van der Waals surface area contributed by atoms with Gasteiger partial charge in [-0.05, 0) is 18.6 Å². The highest BCUT2D eigenvalue weighted by atomic mass is 16.6. The van der Waals surface area contributed by atoms with E-state index in [9.17, 15) is 4.79 Å². The molecule has 1 aromatic rings. The number of hydrogen-bond donors (Lipinski definition) is 1. The van der Waals surface area contributed by atoms with Crippen molar-refractivity contribution in [2.45, 2.75) is 13.0 Å². The van der Waals surface area contributed by atoms with E-state index >= 15 is 0 Å². The fourth-order valence-corrected chi connectivity index (χ4v) is 1.41. The second-order valence-corrected chi connectivity index (χ2v) is 3.01. The van der Waals surface area contributed by atoms with Gasteiger partial charge in [0.05, 0.1) is 6.54 Å². The Kier molecular flexibility index (Phi) is 1.88. The topological polar surface area (TPSA) is 51.2 Å². The molecule has 2 rings (SSSR count). The molecular weight excluding hydrogens is 168 g/mol. The van der Waals surface area contributed by atoms with E-state index in [1.807, 2.05) is 13.0 Å². The molecule has 2 heterocycles. The Morgan fingerprint density at radius 2 is 2.54 bits per heavy atom. The van der Waals surface area contributed by atoms with Crippen molar-refractivity contribution in [2.75, 3.05) is 6.54 Å². The summed E-state index contributed by atoms with van der Waals surface area (Å²) in [6.45, 7) is 2.50. The number of amides is 1. The van der Waals surface area contributed by atoms with Gasteiger partial charge in [-0.3, -0.25) is 4.98 Å². The molecular formula is C9H10N2O2. The van der Waals surface area contributed by atoms with Gasteiger partial charge in [0.2, 0.25) is 0 Å². The van der Waals surface area contributed by atoms with Crippen molar-refractivity contribution in [1.82, 2.24) is 10.3 Å². The van der Waals surface area contributed by atoms with Gasteiger partial charge >= 0.3 is 6.09 Å². The Hall–Kier alpha value is -1.58. The Bertz CT molecular complexity index is 338. The van der Waals surface area contributed by atoms with Gasteiger partial charge < -0.3 is 10.1 Å². The molecule has 1 amide bonds. The zero-order chi connectivity index (χ0) is 9.26. The smallest absolute Gasteiger partial charge is 0.407 e. The summed E-state index contributed by atoms with van der Waals surface area (Å²) in [4.78, 5) is 14.8. The standard InChI is InChI=1S/C9H10N2O2/c1-6-4-10-3-2-7(6)8-5-11-9(12)13-8/h2-4,8H,5H2,1H3,(H,11,12). The molecule has 4 heteroatoms. The first kappa shape index (κ1) is 8.04. The number of ether oxygens (including phenoxy) is 1. The van der Waals surface area contributed by atoms with Crippen molar-refractivity contribution in [3.63, 3.8) is 0 Å². The summed E-state index contributed by atoms with van der Waals surface area (Å²) in [5.41, 5.74) is 2.07. The minimum absolute atomic E-state index is 0.157. The van der Waals surface area contributed by atoms with E-state index in [4.69, 9.17) is 4.74 Å². The molecule has 0 bridgehead atoms. The molecule has 1 aliphatic rings. The molecule has 1 aliphatic heterocycles. The number of alkyl carbamates (subject to hydrolysis) is 1. The van der Waals surface area contributed by atoms with Crippen molar-refractivity contribution < 1.29 is 9.53 Å². The molecule has 0 aromatic carbocycles. The number of carbonyl (C=O) groups excluding carboxylic acids is 1. The van der Waals surface area contributed by atoms with Crippen LogP contribution in [0.3, 0.4) is 0 Å². The SMILES string of the molecule is Cc1cnccc1C1CNC(=O)O1. The number of pyridine rings is 1. The normalized spacial score (nSPS) is 21.0. The fraction of sp³-hybridized carbons (Fsp3) is 0.333. The predicted octanol–water partition coefficient (Wildman–Crippen LogP) is 1.17. The van der Waals surface area contributed by atoms with Crippen molar-refractivity contribution >= 4 is 6.09 Å². The summed E-state index contributed by atoms with van der Waals surface area (Å²) >= 11 is 0. The average Bonchev–Trinajstić information content (AvgIpc) is 2.53. The first-order chi connectivity index (χ1) is 6.27. The summed E-state index contributed by atoms with van der Waals surface area (Å²) < 4.78 is 5.05. The largest absolute Gasteiger partial charge is 0.439 e. The summed E-state index contributed by atoms with van der Waals surface area (Å²) in [6.07, 6.45) is 2.97. The summed E-state index contributed by atoms with van der Waals surface area (Å²) in [5, 5.41) is 2.61. The predicted molar refractivity (Wildman–Crippen MR) is 46.2 cm³/mol. The van der Waals surface area contributed by atoms with Crippen LogP contribution >= 0.6 is 0 Å². The van der Waals surface area contributed by atoms with Gasteiger partial charge in [-0.25, -0.2) is 4.79 Å². The number of hydrogen-bond acceptors (Lipinski definition) is 3. The van der Waals surface area contributed by atoms with E-state index in [2.05, 4.69) is 10.3 Å². The Balaban J connectivity index is 2.26. The van der Waals surface area contributed by atoms with E-state index in [1.165, 1.54) is 0 Å². The lowest BCUT2D eigenvalue weighted by atomic mass is 10.1. The van der Waals surface area contributed by atoms with Crippen LogP contribution in [0.15, 0.2) is 18.5 Å². The van der Waals surface area contributed by atoms with Gasteiger partial charge in [-0.15, -0.1) is 0 Å². The number of rotatable bonds is 1. The lowest BCUT2D eigenvalue weighted by Crippen LogP contribution is -2.12. The molecule has 0 spiro atoms. The third-order valence-electron chi connectivity index (χ3n) is 2.09. The molecule has 0 radical (unpaired) electrons. The third-order valence-corrected chi connectivity index (χ3v) is 2.09. The lowest BCUT2D eigenvalue weighted by molar-refractivity contribution is 0.141. The summed E-state index contributed by atoms with van der Waals surface area (Å²) in [7, 11) is 0. The highest BCUT2D eigenvalue weighted by molar-refractivity contribution is 5.69. The molecule has 4 nitrogen and oxygen atoms in total. The van der Waals surface area contributed by atoms with Crippen molar-refractivity contribution in [2.24, 2.45) is 0 Å². The molecule has 68 valence electrons. The molecule has 1 N–H and O–H groups in total. The molecule has 1 unspecified atom stereocenters. The molecule has 1 aromatic heterocycles. The van der Waals surface area contributed by atoms with Gasteiger partial charge in [-0.2, -0.15) is 0 Å². The van der Waals surface area contributed by atoms with Crippen molar-refractivity contribution in [3.8, 4) is 0 Å². The second kappa shape index (κ2) is 3.05. The molecule has 0 saturated carbocycles. The summed E-state index contributed by atoms with van der Waals surface area (Å²) in [5.74, 6) is 0. The highest BCUT2D eigenvalue weighted by Gasteiger charge is 2.24. The number of nitrogens with zero attached hydrogens (tertiary/aromatic N) is 1. The molecule has 1 saturated heterocycles. The van der Waals surface area contributed by atoms with Crippen molar-refractivity contribution in [1.29, 1.82) is 0 Å². The van der Waals surface area contributed by atoms with Gasteiger partial charge in [0.1, 0.15) is 6.10 Å². The van der Waals surface area contributed by atoms with Crippen LogP contribution in [0.4, 0.5) is 4.79 Å². The fourth-order valence-electron chi connectivity index (χ4n) is 1.41. The maximum atomic E-state index is 10.8. The number of aryl methyl sites for hydroxylation is 1. The second-order valence-electron chi connectivity index (χ2n) is 3.01. The minimum Gasteiger partial charge on any atom is -0.439 e. The monoisotopic (exact) mass is 178 g/mol. The number of aromatic nitrogens is 1. The van der Waals surface area contributed by atoms with Crippen LogP contribution in [0, 0.1) is 6.92 Å². The van der Waals surface area contributed by atoms with Crippen molar-refractivity contribution in [3.05, 3.63) is 29.6 Å². The number of carbonyl (C=O) groups is 1. The Labute approximate surface area is 75.9 Å². The van der Waals surface area contributed by atoms with Crippen LogP contribution < -0.4 is 5.32 Å². The zero-order valence-corrected chi connectivity index (χ0v) is 7.28. The van der Waals surface area contributed by atoms with Crippen LogP contribution in [0.1, 0.15) is 17.2 Å². The quantitative estimate of drug-likeness (QED) is 0.702. The van der Waals surface area contributed by atoms with Gasteiger partial charge in [0.15, 0.2) is 0 Å². The zero-order valence-electron chi connectivity index (χ0n) is 7.28. The molecule has 13 heavy (non-hydrogen) atoms. The molecule has 1 fully saturated rings. The van der Waals surface area contributed by atoms with E-state index in [0.29, 0.717) is 6.54 Å². The average molecular weight is 178 g/mol. The maximum absolute atomic E-state index is 10.8. The highest BCUT2D eigenvalue weighted by Crippen LogP contribution is 2.22. The van der Waals surface area contributed by atoms with Gasteiger partial charge in [0.25, 0.3) is 0 Å². The van der Waals surface area contributed by atoms with Gasteiger partial charge in [0, 0.05) is 18.0 Å². The van der Waals surface area contributed by atoms with Crippen LogP contribution in [0.2, 0.25) is 0 Å². The van der Waals surface area contributed by atoms with Gasteiger partial charge in [-0.1, -0.05) is 0 Å². The lowest BCUT2D eigenvalue weighted by Gasteiger charge is -2.09. The van der Waals surface area contributed by atoms with E-state index in [-0.39, 0.29) is 12.2 Å². The van der Waals surface area contributed by atoms with E-state index in [1.54, 1.807) is 12.4 Å². The van der Waals surface area contributed by atoms with Crippen LogP contribution in [0.5, 0.6) is 0 Å². The van der Waals surface area contributed by atoms with E-state index in [0.717, 1.165) is 11.1 Å². The number of nitrogens with one attached hydrogen (secondary N) is 1. The maximum Gasteiger partial charge on any atom is 0.407 e. The van der Waals surface area contributed by atoms with Crippen LogP contribution in [0.25, 0.3) is 0 Å². The first-order valence-electron chi connectivity index (χ1n) is 4.12. The number of cyclic esters (lactones) is 1.